The van der Waals surface area contributed by atoms with Crippen molar-refractivity contribution in [1.82, 2.24) is 25.0 Å². The van der Waals surface area contributed by atoms with E-state index in [1.54, 1.807) is 13.4 Å². The van der Waals surface area contributed by atoms with Crippen LogP contribution in [0.5, 0.6) is 5.75 Å². The van der Waals surface area contributed by atoms with Crippen molar-refractivity contribution in [2.75, 3.05) is 33.5 Å². The number of hydrogen-bond acceptors (Lipinski definition) is 6. The number of benzene rings is 1. The molecule has 1 unspecified atom stereocenters. The quantitative estimate of drug-likeness (QED) is 0.677. The van der Waals surface area contributed by atoms with Crippen molar-refractivity contribution in [3.63, 3.8) is 0 Å². The highest BCUT2D eigenvalue weighted by Gasteiger charge is 2.16. The smallest absolute Gasteiger partial charge is 0.230 e. The molecule has 0 saturated heterocycles. The van der Waals surface area contributed by atoms with E-state index in [2.05, 4.69) is 34.3 Å². The fraction of sp³-hybridized carbons (Fsp3) is 0.500. The van der Waals surface area contributed by atoms with Gasteiger partial charge in [-0.05, 0) is 45.6 Å². The van der Waals surface area contributed by atoms with Crippen molar-refractivity contribution >= 4 is 17.7 Å². The number of carbonyl (C=O) groups is 1. The number of nitrogens with one attached hydrogen (secondary N) is 1. The molecule has 0 aliphatic carbocycles. The first-order valence-electron chi connectivity index (χ1n) is 8.51. The van der Waals surface area contributed by atoms with E-state index in [9.17, 15) is 4.79 Å². The molecule has 1 aromatic heterocycles. The Labute approximate surface area is 159 Å². The summed E-state index contributed by atoms with van der Waals surface area (Å²) in [7, 11) is 5.65. The van der Waals surface area contributed by atoms with E-state index in [1.165, 1.54) is 11.8 Å². The zero-order valence-electron chi connectivity index (χ0n) is 16.0. The first-order valence-corrected chi connectivity index (χ1v) is 9.50. The summed E-state index contributed by atoms with van der Waals surface area (Å²) >= 11 is 1.40. The number of nitrogens with zero attached hydrogens (tertiary/aromatic N) is 4. The van der Waals surface area contributed by atoms with Crippen LogP contribution in [0.3, 0.4) is 0 Å². The summed E-state index contributed by atoms with van der Waals surface area (Å²) in [6.07, 6.45) is 1.69. The lowest BCUT2D eigenvalue weighted by Gasteiger charge is -2.25. The summed E-state index contributed by atoms with van der Waals surface area (Å²) in [6.45, 7) is 4.66. The van der Waals surface area contributed by atoms with Gasteiger partial charge in [0.2, 0.25) is 5.91 Å². The number of carbonyl (C=O) groups excluding carboxylic acids is 1. The van der Waals surface area contributed by atoms with Crippen LogP contribution in [0.25, 0.3) is 0 Å². The number of likely N-dealkylation sites (N-methyl/N-ethyl adjacent to an activating group) is 1. The van der Waals surface area contributed by atoms with Crippen LogP contribution in [0.1, 0.15) is 31.5 Å². The Bertz CT molecular complexity index is 700. The third-order valence-electron chi connectivity index (χ3n) is 4.05. The monoisotopic (exact) mass is 377 g/mol. The van der Waals surface area contributed by atoms with Crippen LogP contribution in [-0.4, -0.2) is 59.1 Å². The van der Waals surface area contributed by atoms with Crippen LogP contribution in [0.15, 0.2) is 35.7 Å². The number of aromatic nitrogens is 3. The van der Waals surface area contributed by atoms with E-state index >= 15 is 0 Å². The number of methoxy groups -OCH3 is 1. The van der Waals surface area contributed by atoms with Gasteiger partial charge in [0.25, 0.3) is 0 Å². The van der Waals surface area contributed by atoms with Crippen molar-refractivity contribution in [3.05, 3.63) is 36.2 Å². The van der Waals surface area contributed by atoms with Crippen LogP contribution in [0.2, 0.25) is 0 Å². The number of ether oxygens (including phenoxy) is 1. The van der Waals surface area contributed by atoms with Gasteiger partial charge in [0, 0.05) is 12.6 Å². The van der Waals surface area contributed by atoms with Gasteiger partial charge in [-0.25, -0.2) is 0 Å². The van der Waals surface area contributed by atoms with E-state index in [4.69, 9.17) is 4.74 Å². The zero-order chi connectivity index (χ0) is 19.1. The molecule has 2 rings (SSSR count). The topological polar surface area (TPSA) is 72.3 Å². The van der Waals surface area contributed by atoms with Gasteiger partial charge in [0.1, 0.15) is 12.1 Å². The Kier molecular flexibility index (Phi) is 7.47. The van der Waals surface area contributed by atoms with E-state index in [0.29, 0.717) is 12.3 Å². The summed E-state index contributed by atoms with van der Waals surface area (Å²) in [5, 5.41) is 11.8. The van der Waals surface area contributed by atoms with Crippen molar-refractivity contribution in [1.29, 1.82) is 0 Å². The molecule has 0 aliphatic rings. The third-order valence-corrected chi connectivity index (χ3v) is 5.00. The van der Waals surface area contributed by atoms with Gasteiger partial charge in [-0.2, -0.15) is 0 Å². The molecule has 7 nitrogen and oxygen atoms in total. The molecule has 0 saturated carbocycles. The first kappa shape index (κ1) is 20.3. The van der Waals surface area contributed by atoms with Gasteiger partial charge < -0.3 is 19.5 Å². The van der Waals surface area contributed by atoms with Gasteiger partial charge in [0.05, 0.1) is 18.9 Å². The van der Waals surface area contributed by atoms with Crippen LogP contribution < -0.4 is 10.1 Å². The Hall–Kier alpha value is -2.06. The van der Waals surface area contributed by atoms with Gasteiger partial charge in [-0.3, -0.25) is 4.79 Å². The highest BCUT2D eigenvalue weighted by Crippen LogP contribution is 2.21. The molecular weight excluding hydrogens is 350 g/mol. The Morgan fingerprint density at radius 1 is 1.31 bits per heavy atom. The molecule has 0 radical (unpaired) electrons. The number of hydrogen-bond donors (Lipinski definition) is 1. The lowest BCUT2D eigenvalue weighted by Crippen LogP contribution is -2.35. The molecule has 1 heterocycles. The molecule has 2 aromatic rings. The molecule has 1 atom stereocenters. The molecule has 0 aliphatic heterocycles. The average Bonchev–Trinajstić information content (AvgIpc) is 3.09. The fourth-order valence-electron chi connectivity index (χ4n) is 2.51. The maximum Gasteiger partial charge on any atom is 0.230 e. The molecule has 8 heteroatoms. The van der Waals surface area contributed by atoms with Crippen molar-refractivity contribution < 1.29 is 9.53 Å². The van der Waals surface area contributed by atoms with Crippen molar-refractivity contribution in [3.8, 4) is 5.75 Å². The van der Waals surface area contributed by atoms with Gasteiger partial charge in [-0.15, -0.1) is 10.2 Å². The largest absolute Gasteiger partial charge is 0.497 e. The maximum absolute atomic E-state index is 12.3. The molecular formula is C18H27N5O2S. The Morgan fingerprint density at radius 3 is 2.58 bits per heavy atom. The average molecular weight is 378 g/mol. The van der Waals surface area contributed by atoms with E-state index in [1.807, 2.05) is 42.9 Å². The Morgan fingerprint density at radius 2 is 2.00 bits per heavy atom. The van der Waals surface area contributed by atoms with Crippen molar-refractivity contribution in [2.45, 2.75) is 31.1 Å². The second-order valence-electron chi connectivity index (χ2n) is 6.46. The molecule has 0 bridgehead atoms. The van der Waals surface area contributed by atoms with Crippen LogP contribution in [0, 0.1) is 0 Å². The summed E-state index contributed by atoms with van der Waals surface area (Å²) in [5.74, 6) is 1.11. The van der Waals surface area contributed by atoms with Crippen LogP contribution in [-0.2, 0) is 4.79 Å². The van der Waals surface area contributed by atoms with Crippen LogP contribution >= 0.6 is 11.8 Å². The summed E-state index contributed by atoms with van der Waals surface area (Å²) in [5.41, 5.74) is 1.13. The molecule has 1 N–H and O–H groups in total. The minimum atomic E-state index is -0.0198. The number of rotatable bonds is 9. The Balaban J connectivity index is 1.89. The maximum atomic E-state index is 12.3. The lowest BCUT2D eigenvalue weighted by molar-refractivity contribution is -0.118. The van der Waals surface area contributed by atoms with E-state index in [-0.39, 0.29) is 18.0 Å². The SMILES string of the molecule is COc1ccc(C(CNC(=O)CSc2nncn2C(C)C)N(C)C)cc1. The second kappa shape index (κ2) is 9.59. The first-order chi connectivity index (χ1) is 12.4. The minimum Gasteiger partial charge on any atom is -0.497 e. The molecule has 142 valence electrons. The predicted octanol–water partition coefficient (Wildman–Crippen LogP) is 2.38. The normalized spacial score (nSPS) is 12.4. The molecule has 1 aromatic carbocycles. The fourth-order valence-corrected chi connectivity index (χ4v) is 3.38. The van der Waals surface area contributed by atoms with Crippen molar-refractivity contribution in [2.24, 2.45) is 0 Å². The van der Waals surface area contributed by atoms with Gasteiger partial charge >= 0.3 is 0 Å². The summed E-state index contributed by atoms with van der Waals surface area (Å²) in [4.78, 5) is 14.3. The highest BCUT2D eigenvalue weighted by atomic mass is 32.2. The molecule has 26 heavy (non-hydrogen) atoms. The molecule has 0 fully saturated rings. The van der Waals surface area contributed by atoms with Gasteiger partial charge in [0.15, 0.2) is 5.16 Å². The minimum absolute atomic E-state index is 0.0198. The molecule has 1 amide bonds. The second-order valence-corrected chi connectivity index (χ2v) is 7.40. The van der Waals surface area contributed by atoms with E-state index < -0.39 is 0 Å². The standard InChI is InChI=1S/C18H27N5O2S/c1-13(2)23-12-20-21-18(23)26-11-17(24)19-10-16(22(3)4)14-6-8-15(25-5)9-7-14/h6-9,12-13,16H,10-11H2,1-5H3,(H,19,24). The van der Waals surface area contributed by atoms with Gasteiger partial charge in [-0.1, -0.05) is 23.9 Å². The predicted molar refractivity (Wildman–Crippen MR) is 104 cm³/mol. The number of amides is 1. The van der Waals surface area contributed by atoms with Crippen LogP contribution in [0.4, 0.5) is 0 Å². The van der Waals surface area contributed by atoms with E-state index in [0.717, 1.165) is 16.5 Å². The zero-order valence-corrected chi connectivity index (χ0v) is 16.8. The summed E-state index contributed by atoms with van der Waals surface area (Å²) in [6, 6.07) is 8.27. The third kappa shape index (κ3) is 5.47. The highest BCUT2D eigenvalue weighted by molar-refractivity contribution is 7.99. The molecule has 0 spiro atoms. The number of thioether (sulfide) groups is 1. The summed E-state index contributed by atoms with van der Waals surface area (Å²) < 4.78 is 7.16. The lowest BCUT2D eigenvalue weighted by atomic mass is 10.1.